The number of nitrogens with zero attached hydrogens (tertiary/aromatic N) is 3. The predicted octanol–water partition coefficient (Wildman–Crippen LogP) is 3.34. The van der Waals surface area contributed by atoms with Gasteiger partial charge in [0.15, 0.2) is 15.7 Å². The number of amides is 1. The number of nitrogens with one attached hydrogen (secondary N) is 1. The topological polar surface area (TPSA) is 105 Å². The Morgan fingerprint density at radius 3 is 2.47 bits per heavy atom. The molecular weight excluding hydrogens is 452 g/mol. The zero-order chi connectivity index (χ0) is 23.1. The number of rotatable bonds is 10. The van der Waals surface area contributed by atoms with E-state index in [1.807, 2.05) is 18.2 Å². The van der Waals surface area contributed by atoms with Crippen LogP contribution in [0.5, 0.6) is 0 Å². The fraction of sp³-hybridized carbons (Fsp3) is 0.318. The molecule has 1 N–H and O–H groups in total. The standard InChI is InChI=1S/C22H25ClN4O4S/c1-16(2)27(14-17-6-4-3-5-7-17)13-12-24-21(28)22-25-20(26-31-22)15-32(29,30)19-10-8-18(23)9-11-19/h3-11,16H,12-15H2,1-2H3,(H,24,28). The molecule has 32 heavy (non-hydrogen) atoms. The molecule has 1 aromatic heterocycles. The van der Waals surface area contributed by atoms with Crippen LogP contribution >= 0.6 is 11.6 Å². The monoisotopic (exact) mass is 476 g/mol. The van der Waals surface area contributed by atoms with Gasteiger partial charge in [-0.2, -0.15) is 4.98 Å². The first kappa shape index (κ1) is 23.9. The van der Waals surface area contributed by atoms with Gasteiger partial charge in [-0.05, 0) is 43.7 Å². The number of halogens is 1. The molecule has 0 aliphatic heterocycles. The maximum Gasteiger partial charge on any atom is 0.315 e. The first-order valence-electron chi connectivity index (χ1n) is 10.1. The lowest BCUT2D eigenvalue weighted by Gasteiger charge is -2.26. The highest BCUT2D eigenvalue weighted by atomic mass is 35.5. The van der Waals surface area contributed by atoms with Crippen molar-refractivity contribution in [3.05, 3.63) is 76.9 Å². The normalized spacial score (nSPS) is 11.8. The molecule has 170 valence electrons. The molecule has 1 heterocycles. The van der Waals surface area contributed by atoms with Crippen LogP contribution in [0.3, 0.4) is 0 Å². The van der Waals surface area contributed by atoms with E-state index in [4.69, 9.17) is 16.1 Å². The van der Waals surface area contributed by atoms with Crippen molar-refractivity contribution in [1.29, 1.82) is 0 Å². The summed E-state index contributed by atoms with van der Waals surface area (Å²) in [5.74, 6) is -1.39. The fourth-order valence-electron chi connectivity index (χ4n) is 3.03. The van der Waals surface area contributed by atoms with Gasteiger partial charge in [-0.15, -0.1) is 0 Å². The third kappa shape index (κ3) is 6.62. The molecule has 2 aromatic carbocycles. The summed E-state index contributed by atoms with van der Waals surface area (Å²) in [6.07, 6.45) is 0. The first-order chi connectivity index (χ1) is 15.2. The lowest BCUT2D eigenvalue weighted by molar-refractivity contribution is 0.0900. The number of carbonyl (C=O) groups is 1. The number of hydrogen-bond donors (Lipinski definition) is 1. The molecule has 0 aliphatic carbocycles. The molecule has 0 spiro atoms. The van der Waals surface area contributed by atoms with Gasteiger partial charge < -0.3 is 9.84 Å². The van der Waals surface area contributed by atoms with Crippen LogP contribution in [-0.4, -0.2) is 48.5 Å². The quantitative estimate of drug-likeness (QED) is 0.478. The van der Waals surface area contributed by atoms with Crippen LogP contribution in [0.25, 0.3) is 0 Å². The highest BCUT2D eigenvalue weighted by Crippen LogP contribution is 2.18. The summed E-state index contributed by atoms with van der Waals surface area (Å²) in [6.45, 7) is 5.96. The molecule has 1 amide bonds. The van der Waals surface area contributed by atoms with Crippen molar-refractivity contribution in [3.8, 4) is 0 Å². The average Bonchev–Trinajstić information content (AvgIpc) is 3.21. The lowest BCUT2D eigenvalue weighted by atomic mass is 10.2. The summed E-state index contributed by atoms with van der Waals surface area (Å²) in [5, 5.41) is 6.81. The SMILES string of the molecule is CC(C)N(CCNC(=O)c1nc(CS(=O)(=O)c2ccc(Cl)cc2)no1)Cc1ccccc1. The molecule has 0 unspecified atom stereocenters. The highest BCUT2D eigenvalue weighted by Gasteiger charge is 2.22. The molecule has 0 aliphatic rings. The molecule has 0 bridgehead atoms. The maximum atomic E-state index is 12.5. The van der Waals surface area contributed by atoms with Crippen molar-refractivity contribution in [2.75, 3.05) is 13.1 Å². The van der Waals surface area contributed by atoms with Crippen LogP contribution in [0, 0.1) is 0 Å². The summed E-state index contributed by atoms with van der Waals surface area (Å²) in [5.41, 5.74) is 1.19. The van der Waals surface area contributed by atoms with Gasteiger partial charge in [0, 0.05) is 30.7 Å². The third-order valence-electron chi connectivity index (χ3n) is 4.80. The Kier molecular flexibility index (Phi) is 8.00. The Labute approximate surface area is 192 Å². The predicted molar refractivity (Wildman–Crippen MR) is 121 cm³/mol. The lowest BCUT2D eigenvalue weighted by Crippen LogP contribution is -2.38. The molecule has 10 heteroatoms. The minimum Gasteiger partial charge on any atom is -0.347 e. The minimum atomic E-state index is -3.69. The van der Waals surface area contributed by atoms with E-state index in [-0.39, 0.29) is 16.6 Å². The smallest absolute Gasteiger partial charge is 0.315 e. The number of hydrogen-bond acceptors (Lipinski definition) is 7. The van der Waals surface area contributed by atoms with Crippen molar-refractivity contribution in [3.63, 3.8) is 0 Å². The molecule has 0 saturated carbocycles. The van der Waals surface area contributed by atoms with Crippen molar-refractivity contribution in [2.45, 2.75) is 37.1 Å². The van der Waals surface area contributed by atoms with E-state index in [0.717, 1.165) is 6.54 Å². The third-order valence-corrected chi connectivity index (χ3v) is 6.68. The zero-order valence-corrected chi connectivity index (χ0v) is 19.4. The summed E-state index contributed by atoms with van der Waals surface area (Å²) < 4.78 is 29.9. The second-order valence-electron chi connectivity index (χ2n) is 7.53. The Morgan fingerprint density at radius 2 is 1.81 bits per heavy atom. The maximum absolute atomic E-state index is 12.5. The van der Waals surface area contributed by atoms with E-state index in [0.29, 0.717) is 24.2 Å². The van der Waals surface area contributed by atoms with Crippen molar-refractivity contribution in [2.24, 2.45) is 0 Å². The number of benzene rings is 2. The molecule has 0 saturated heterocycles. The summed E-state index contributed by atoms with van der Waals surface area (Å²) in [4.78, 5) is 18.6. The molecule has 0 fully saturated rings. The van der Waals surface area contributed by atoms with Gasteiger partial charge in [0.25, 0.3) is 0 Å². The first-order valence-corrected chi connectivity index (χ1v) is 12.1. The van der Waals surface area contributed by atoms with Crippen molar-refractivity contribution < 1.29 is 17.7 Å². The summed E-state index contributed by atoms with van der Waals surface area (Å²) >= 11 is 5.80. The van der Waals surface area contributed by atoms with Crippen LogP contribution in [0.4, 0.5) is 0 Å². The van der Waals surface area contributed by atoms with Crippen LogP contribution < -0.4 is 5.32 Å². The van der Waals surface area contributed by atoms with Gasteiger partial charge in [0.2, 0.25) is 0 Å². The largest absolute Gasteiger partial charge is 0.347 e. The summed E-state index contributed by atoms with van der Waals surface area (Å²) in [6, 6.07) is 16.2. The van der Waals surface area contributed by atoms with E-state index >= 15 is 0 Å². The minimum absolute atomic E-state index is 0.0852. The van der Waals surface area contributed by atoms with Crippen LogP contribution in [0.15, 0.2) is 64.0 Å². The van der Waals surface area contributed by atoms with Gasteiger partial charge in [-0.3, -0.25) is 9.69 Å². The molecule has 3 aromatic rings. The second kappa shape index (κ2) is 10.7. The molecule has 0 radical (unpaired) electrons. The number of carbonyl (C=O) groups excluding carboxylic acids is 1. The van der Waals surface area contributed by atoms with Gasteiger partial charge in [-0.1, -0.05) is 47.1 Å². The highest BCUT2D eigenvalue weighted by molar-refractivity contribution is 7.90. The molecular formula is C22H25ClN4O4S. The van der Waals surface area contributed by atoms with E-state index in [2.05, 4.69) is 46.3 Å². The Morgan fingerprint density at radius 1 is 1.12 bits per heavy atom. The van der Waals surface area contributed by atoms with Gasteiger partial charge >= 0.3 is 11.8 Å². The second-order valence-corrected chi connectivity index (χ2v) is 9.96. The fourth-order valence-corrected chi connectivity index (χ4v) is 4.33. The number of sulfone groups is 1. The van der Waals surface area contributed by atoms with Gasteiger partial charge in [-0.25, -0.2) is 8.42 Å². The summed E-state index contributed by atoms with van der Waals surface area (Å²) in [7, 11) is -3.69. The Balaban J connectivity index is 1.54. The number of aromatic nitrogens is 2. The molecule has 0 atom stereocenters. The van der Waals surface area contributed by atoms with E-state index in [1.54, 1.807) is 0 Å². The van der Waals surface area contributed by atoms with E-state index in [1.165, 1.54) is 29.8 Å². The zero-order valence-electron chi connectivity index (χ0n) is 17.9. The van der Waals surface area contributed by atoms with E-state index in [9.17, 15) is 13.2 Å². The average molecular weight is 477 g/mol. The van der Waals surface area contributed by atoms with Gasteiger partial charge in [0.05, 0.1) is 4.90 Å². The van der Waals surface area contributed by atoms with Crippen LogP contribution in [0.1, 0.15) is 35.9 Å². The van der Waals surface area contributed by atoms with Crippen molar-refractivity contribution >= 4 is 27.3 Å². The van der Waals surface area contributed by atoms with Crippen molar-refractivity contribution in [1.82, 2.24) is 20.4 Å². The molecule has 8 nitrogen and oxygen atoms in total. The Hall–Kier alpha value is -2.75. The van der Waals surface area contributed by atoms with E-state index < -0.39 is 21.5 Å². The van der Waals surface area contributed by atoms with Crippen LogP contribution in [0.2, 0.25) is 5.02 Å². The molecule has 3 rings (SSSR count). The van der Waals surface area contributed by atoms with Crippen LogP contribution in [-0.2, 0) is 22.1 Å². The van der Waals surface area contributed by atoms with Gasteiger partial charge in [0.1, 0.15) is 5.75 Å². The Bertz CT molecular complexity index is 1130.